The second kappa shape index (κ2) is 8.35. The van der Waals surface area contributed by atoms with Crippen LogP contribution in [0.5, 0.6) is 5.75 Å². The maximum Gasteiger partial charge on any atom is 0.422 e. The average Bonchev–Trinajstić information content (AvgIpc) is 3.15. The maximum absolute atomic E-state index is 12.3. The normalized spacial score (nSPS) is 11.3. The number of hydrogen-bond donors (Lipinski definition) is 1. The molecule has 146 valence electrons. The van der Waals surface area contributed by atoms with Crippen molar-refractivity contribution in [2.45, 2.75) is 12.7 Å². The van der Waals surface area contributed by atoms with E-state index < -0.39 is 18.7 Å². The van der Waals surface area contributed by atoms with Crippen molar-refractivity contribution < 1.29 is 22.7 Å². The quantitative estimate of drug-likeness (QED) is 0.656. The minimum atomic E-state index is -4.41. The number of nitrogens with one attached hydrogen (secondary N) is 1. The summed E-state index contributed by atoms with van der Waals surface area (Å²) in [5.41, 5.74) is 1.42. The van der Waals surface area contributed by atoms with Crippen molar-refractivity contribution in [3.05, 3.63) is 77.1 Å². The van der Waals surface area contributed by atoms with Gasteiger partial charge in [-0.05, 0) is 35.9 Å². The number of carbonyl (C=O) groups excluding carboxylic acids is 1. The smallest absolute Gasteiger partial charge is 0.422 e. The standard InChI is InChI=1S/C19H15ClF3N3O2/c20-15-6-1-2-7-17(15)26-9-8-16(25-26)18(27)24-11-13-4-3-5-14(10-13)28-12-19(21,22)23/h1-10H,11-12H2,(H,24,27). The molecule has 2 aromatic carbocycles. The molecule has 0 aliphatic rings. The Bertz CT molecular complexity index is 973. The molecule has 0 aliphatic carbocycles. The third-order valence-electron chi connectivity index (χ3n) is 3.68. The number of para-hydroxylation sites is 1. The number of ether oxygens (including phenoxy) is 1. The number of amides is 1. The van der Waals surface area contributed by atoms with Crippen molar-refractivity contribution in [1.82, 2.24) is 15.1 Å². The van der Waals surface area contributed by atoms with Crippen molar-refractivity contribution in [1.29, 1.82) is 0 Å². The molecule has 3 aromatic rings. The number of aromatic nitrogens is 2. The number of hydrogen-bond acceptors (Lipinski definition) is 3. The third-order valence-corrected chi connectivity index (χ3v) is 3.99. The first-order valence-corrected chi connectivity index (χ1v) is 8.57. The molecule has 9 heteroatoms. The van der Waals surface area contributed by atoms with E-state index in [1.54, 1.807) is 48.7 Å². The molecule has 0 bridgehead atoms. The fourth-order valence-electron chi connectivity index (χ4n) is 2.40. The van der Waals surface area contributed by atoms with Gasteiger partial charge in [-0.25, -0.2) is 4.68 Å². The number of halogens is 4. The lowest BCUT2D eigenvalue weighted by Gasteiger charge is -2.10. The Morgan fingerprint density at radius 1 is 1.14 bits per heavy atom. The van der Waals surface area contributed by atoms with Gasteiger partial charge in [0.15, 0.2) is 12.3 Å². The van der Waals surface area contributed by atoms with Gasteiger partial charge in [0.05, 0.1) is 10.7 Å². The number of alkyl halides is 3. The minimum absolute atomic E-state index is 0.0760. The van der Waals surface area contributed by atoms with Crippen LogP contribution in [0.15, 0.2) is 60.8 Å². The molecule has 1 aromatic heterocycles. The van der Waals surface area contributed by atoms with Crippen LogP contribution in [-0.2, 0) is 6.54 Å². The van der Waals surface area contributed by atoms with E-state index in [1.807, 2.05) is 0 Å². The van der Waals surface area contributed by atoms with Crippen molar-refractivity contribution in [3.63, 3.8) is 0 Å². The minimum Gasteiger partial charge on any atom is -0.484 e. The van der Waals surface area contributed by atoms with E-state index in [4.69, 9.17) is 16.3 Å². The summed E-state index contributed by atoms with van der Waals surface area (Å²) in [5, 5.41) is 7.36. The van der Waals surface area contributed by atoms with E-state index in [9.17, 15) is 18.0 Å². The Kier molecular flexibility index (Phi) is 5.89. The zero-order valence-corrected chi connectivity index (χ0v) is 15.2. The number of benzene rings is 2. The molecule has 0 saturated carbocycles. The Balaban J connectivity index is 1.61. The first kappa shape index (κ1) is 19.8. The van der Waals surface area contributed by atoms with Crippen molar-refractivity contribution in [2.24, 2.45) is 0 Å². The Labute approximate surface area is 163 Å². The summed E-state index contributed by atoms with van der Waals surface area (Å²) in [6, 6.07) is 14.7. The molecular weight excluding hydrogens is 395 g/mol. The van der Waals surface area contributed by atoms with Crippen LogP contribution in [0.25, 0.3) is 5.69 Å². The molecular formula is C19H15ClF3N3O2. The molecule has 0 atom stereocenters. The first-order chi connectivity index (χ1) is 13.3. The van der Waals surface area contributed by atoms with Gasteiger partial charge in [-0.3, -0.25) is 4.79 Å². The third kappa shape index (κ3) is 5.26. The molecule has 1 amide bonds. The molecule has 28 heavy (non-hydrogen) atoms. The highest BCUT2D eigenvalue weighted by molar-refractivity contribution is 6.32. The van der Waals surface area contributed by atoms with Crippen LogP contribution in [0.3, 0.4) is 0 Å². The van der Waals surface area contributed by atoms with E-state index in [2.05, 4.69) is 10.4 Å². The number of carbonyl (C=O) groups is 1. The van der Waals surface area contributed by atoms with Gasteiger partial charge < -0.3 is 10.1 Å². The Hall–Kier alpha value is -3.00. The SMILES string of the molecule is O=C(NCc1cccc(OCC(F)(F)F)c1)c1ccn(-c2ccccc2Cl)n1. The Morgan fingerprint density at radius 2 is 1.93 bits per heavy atom. The lowest BCUT2D eigenvalue weighted by Crippen LogP contribution is -2.23. The van der Waals surface area contributed by atoms with Crippen LogP contribution in [0.1, 0.15) is 16.1 Å². The largest absolute Gasteiger partial charge is 0.484 e. The van der Waals surface area contributed by atoms with Gasteiger partial charge in [-0.15, -0.1) is 0 Å². The van der Waals surface area contributed by atoms with Crippen LogP contribution < -0.4 is 10.1 Å². The fourth-order valence-corrected chi connectivity index (χ4v) is 2.62. The molecule has 0 unspecified atom stereocenters. The highest BCUT2D eigenvalue weighted by Gasteiger charge is 2.28. The maximum atomic E-state index is 12.3. The van der Waals surface area contributed by atoms with Gasteiger partial charge in [0.2, 0.25) is 0 Å². The molecule has 5 nitrogen and oxygen atoms in total. The van der Waals surface area contributed by atoms with E-state index >= 15 is 0 Å². The summed E-state index contributed by atoms with van der Waals surface area (Å²) < 4.78 is 42.9. The molecule has 0 fully saturated rings. The summed E-state index contributed by atoms with van der Waals surface area (Å²) in [5.74, 6) is -0.348. The van der Waals surface area contributed by atoms with E-state index in [-0.39, 0.29) is 18.0 Å². The van der Waals surface area contributed by atoms with Crippen LogP contribution in [0.2, 0.25) is 5.02 Å². The summed E-state index contributed by atoms with van der Waals surface area (Å²) in [4.78, 5) is 12.3. The van der Waals surface area contributed by atoms with Crippen molar-refractivity contribution in [2.75, 3.05) is 6.61 Å². The predicted octanol–water partition coefficient (Wildman–Crippen LogP) is 4.40. The average molecular weight is 410 g/mol. The van der Waals surface area contributed by atoms with Gasteiger partial charge in [0.1, 0.15) is 5.75 Å². The lowest BCUT2D eigenvalue weighted by molar-refractivity contribution is -0.153. The van der Waals surface area contributed by atoms with Crippen molar-refractivity contribution >= 4 is 17.5 Å². The topological polar surface area (TPSA) is 56.1 Å². The highest BCUT2D eigenvalue weighted by atomic mass is 35.5. The van der Waals surface area contributed by atoms with Gasteiger partial charge in [-0.1, -0.05) is 35.9 Å². The molecule has 3 rings (SSSR count). The second-order valence-corrected chi connectivity index (χ2v) is 6.24. The molecule has 0 radical (unpaired) electrons. The first-order valence-electron chi connectivity index (χ1n) is 8.19. The van der Waals surface area contributed by atoms with E-state index in [0.717, 1.165) is 0 Å². The summed E-state index contributed by atoms with van der Waals surface area (Å²) in [7, 11) is 0. The second-order valence-electron chi connectivity index (χ2n) is 5.83. The summed E-state index contributed by atoms with van der Waals surface area (Å²) in [6.45, 7) is -1.26. The van der Waals surface area contributed by atoms with E-state index in [0.29, 0.717) is 16.3 Å². The van der Waals surface area contributed by atoms with E-state index in [1.165, 1.54) is 16.8 Å². The highest BCUT2D eigenvalue weighted by Crippen LogP contribution is 2.20. The molecule has 1 N–H and O–H groups in total. The fraction of sp³-hybridized carbons (Fsp3) is 0.158. The lowest BCUT2D eigenvalue weighted by atomic mass is 10.2. The van der Waals surface area contributed by atoms with Crippen LogP contribution in [0.4, 0.5) is 13.2 Å². The number of rotatable bonds is 6. The zero-order chi connectivity index (χ0) is 20.1. The van der Waals surface area contributed by atoms with Gasteiger partial charge in [0.25, 0.3) is 5.91 Å². The van der Waals surface area contributed by atoms with Crippen LogP contribution >= 0.6 is 11.6 Å². The molecule has 0 saturated heterocycles. The van der Waals surface area contributed by atoms with Crippen LogP contribution in [-0.4, -0.2) is 28.5 Å². The zero-order valence-electron chi connectivity index (χ0n) is 14.4. The van der Waals surface area contributed by atoms with Gasteiger partial charge in [-0.2, -0.15) is 18.3 Å². The van der Waals surface area contributed by atoms with Crippen LogP contribution in [0, 0.1) is 0 Å². The molecule has 0 aliphatic heterocycles. The monoisotopic (exact) mass is 409 g/mol. The van der Waals surface area contributed by atoms with Gasteiger partial charge in [0, 0.05) is 12.7 Å². The number of nitrogens with zero attached hydrogens (tertiary/aromatic N) is 2. The summed E-state index contributed by atoms with van der Waals surface area (Å²) in [6.07, 6.45) is -2.80. The van der Waals surface area contributed by atoms with Crippen molar-refractivity contribution in [3.8, 4) is 11.4 Å². The molecule has 0 spiro atoms. The summed E-state index contributed by atoms with van der Waals surface area (Å²) >= 11 is 6.11. The Morgan fingerprint density at radius 3 is 2.68 bits per heavy atom. The predicted molar refractivity (Wildman–Crippen MR) is 97.7 cm³/mol. The molecule has 1 heterocycles. The van der Waals surface area contributed by atoms with Gasteiger partial charge >= 0.3 is 6.18 Å².